The molecule has 1 aliphatic heterocycles. The van der Waals surface area contributed by atoms with Gasteiger partial charge in [0.25, 0.3) is 5.91 Å². The molecule has 5 aromatic rings. The largest absolute Gasteiger partial charge is 0.495 e. The number of carbonyl (C=O) groups is 1. The molecule has 198 valence electrons. The maximum absolute atomic E-state index is 14.2. The van der Waals surface area contributed by atoms with Gasteiger partial charge in [0.05, 0.1) is 25.1 Å². The predicted octanol–water partition coefficient (Wildman–Crippen LogP) is 7.72. The second-order valence-corrected chi connectivity index (χ2v) is 10.1. The standard InChI is InChI=1S/C32H30ClN3O3/c1-3-39-24-17-13-22(14-18-24)29-25-8-6-7-19-35-27(21-11-15-23(33)16-12-21)20-36(32(25)35)30(29)31(37)34-26-9-4-5-10-28(26)38-2/h4-5,9-18,20H,3,6-8,19H2,1-2H3,(H,34,37). The van der Waals surface area contributed by atoms with Gasteiger partial charge in [-0.25, -0.2) is 0 Å². The van der Waals surface area contributed by atoms with Gasteiger partial charge in [-0.3, -0.25) is 9.20 Å². The molecule has 0 saturated heterocycles. The third kappa shape index (κ3) is 4.55. The van der Waals surface area contributed by atoms with Crippen molar-refractivity contribution in [3.05, 3.63) is 95.3 Å². The quantitative estimate of drug-likeness (QED) is 0.230. The second kappa shape index (κ2) is 10.5. The number of imidazole rings is 1. The van der Waals surface area contributed by atoms with Gasteiger partial charge < -0.3 is 19.4 Å². The van der Waals surface area contributed by atoms with Crippen molar-refractivity contribution in [3.63, 3.8) is 0 Å². The van der Waals surface area contributed by atoms with E-state index < -0.39 is 0 Å². The summed E-state index contributed by atoms with van der Waals surface area (Å²) in [7, 11) is 1.61. The number of rotatable bonds is 7. The molecular weight excluding hydrogens is 510 g/mol. The molecule has 0 atom stereocenters. The number of hydrogen-bond acceptors (Lipinski definition) is 3. The lowest BCUT2D eigenvalue weighted by Gasteiger charge is -2.12. The smallest absolute Gasteiger partial charge is 0.273 e. The lowest BCUT2D eigenvalue weighted by Crippen LogP contribution is -2.16. The summed E-state index contributed by atoms with van der Waals surface area (Å²) in [5, 5.41) is 3.82. The number of benzene rings is 3. The van der Waals surface area contributed by atoms with Gasteiger partial charge in [-0.2, -0.15) is 0 Å². The van der Waals surface area contributed by atoms with Gasteiger partial charge >= 0.3 is 0 Å². The van der Waals surface area contributed by atoms with Crippen LogP contribution >= 0.6 is 11.6 Å². The van der Waals surface area contributed by atoms with Crippen molar-refractivity contribution in [3.8, 4) is 33.9 Å². The molecule has 39 heavy (non-hydrogen) atoms. The van der Waals surface area contributed by atoms with Crippen molar-refractivity contribution in [2.45, 2.75) is 32.7 Å². The van der Waals surface area contributed by atoms with E-state index in [0.29, 0.717) is 28.8 Å². The zero-order valence-electron chi connectivity index (χ0n) is 22.0. The molecule has 1 aliphatic rings. The fraction of sp³-hybridized carbons (Fsp3) is 0.219. The summed E-state index contributed by atoms with van der Waals surface area (Å²) in [6.45, 7) is 3.45. The molecule has 7 heteroatoms. The molecule has 1 amide bonds. The van der Waals surface area contributed by atoms with Gasteiger partial charge in [-0.05, 0) is 73.7 Å². The molecule has 6 rings (SSSR count). The first-order valence-electron chi connectivity index (χ1n) is 13.3. The number of ether oxygens (including phenoxy) is 2. The highest BCUT2D eigenvalue weighted by molar-refractivity contribution is 6.30. The summed E-state index contributed by atoms with van der Waals surface area (Å²) in [5.74, 6) is 1.23. The predicted molar refractivity (Wildman–Crippen MR) is 156 cm³/mol. The molecule has 1 N–H and O–H groups in total. The SMILES string of the molecule is CCOc1ccc(-c2c3c4n(c(-c5ccc(Cl)cc5)cn4c2C(=O)Nc2ccccc2OC)CCCC3)cc1. The Balaban J connectivity index is 1.58. The monoisotopic (exact) mass is 539 g/mol. The van der Waals surface area contributed by atoms with Crippen LogP contribution in [0.15, 0.2) is 79.0 Å². The lowest BCUT2D eigenvalue weighted by molar-refractivity contribution is 0.102. The number of nitrogens with zero attached hydrogens (tertiary/aromatic N) is 2. The normalized spacial score (nSPS) is 12.8. The van der Waals surface area contributed by atoms with Crippen molar-refractivity contribution in [2.24, 2.45) is 0 Å². The molecule has 6 nitrogen and oxygen atoms in total. The zero-order chi connectivity index (χ0) is 26.9. The van der Waals surface area contributed by atoms with Gasteiger partial charge in [0, 0.05) is 28.9 Å². The van der Waals surface area contributed by atoms with Gasteiger partial charge in [0.1, 0.15) is 22.8 Å². The van der Waals surface area contributed by atoms with Crippen LogP contribution in [0, 0.1) is 0 Å². The second-order valence-electron chi connectivity index (χ2n) is 9.64. The van der Waals surface area contributed by atoms with E-state index in [2.05, 4.69) is 20.5 Å². The highest BCUT2D eigenvalue weighted by Crippen LogP contribution is 2.40. The summed E-state index contributed by atoms with van der Waals surface area (Å²) in [4.78, 5) is 14.2. The van der Waals surface area contributed by atoms with Gasteiger partial charge in [-0.15, -0.1) is 0 Å². The first-order valence-corrected chi connectivity index (χ1v) is 13.7. The summed E-state index contributed by atoms with van der Waals surface area (Å²) in [6, 6.07) is 23.4. The van der Waals surface area contributed by atoms with Crippen molar-refractivity contribution in [2.75, 3.05) is 19.0 Å². The number of methoxy groups -OCH3 is 1. The zero-order valence-corrected chi connectivity index (χ0v) is 22.8. The van der Waals surface area contributed by atoms with Crippen molar-refractivity contribution >= 4 is 28.8 Å². The molecule has 0 unspecified atom stereocenters. The number of anilines is 1. The molecule has 2 aromatic heterocycles. The average molecular weight is 540 g/mol. The summed E-state index contributed by atoms with van der Waals surface area (Å²) < 4.78 is 15.6. The fourth-order valence-electron chi connectivity index (χ4n) is 5.58. The highest BCUT2D eigenvalue weighted by atomic mass is 35.5. The first kappa shape index (κ1) is 25.1. The Labute approximate surface area is 232 Å². The van der Waals surface area contributed by atoms with E-state index in [1.807, 2.05) is 79.7 Å². The minimum atomic E-state index is -0.190. The van der Waals surface area contributed by atoms with Crippen LogP contribution in [0.2, 0.25) is 5.02 Å². The van der Waals surface area contributed by atoms with E-state index in [1.165, 1.54) is 5.56 Å². The first-order chi connectivity index (χ1) is 19.1. The fourth-order valence-corrected chi connectivity index (χ4v) is 5.71. The third-order valence-electron chi connectivity index (χ3n) is 7.30. The average Bonchev–Trinajstić information content (AvgIpc) is 3.37. The minimum Gasteiger partial charge on any atom is -0.495 e. The Morgan fingerprint density at radius 3 is 2.46 bits per heavy atom. The Bertz CT molecular complexity index is 1650. The Morgan fingerprint density at radius 1 is 0.974 bits per heavy atom. The molecule has 0 radical (unpaired) electrons. The lowest BCUT2D eigenvalue weighted by atomic mass is 9.97. The van der Waals surface area contributed by atoms with Crippen LogP contribution in [-0.4, -0.2) is 28.6 Å². The van der Waals surface area contributed by atoms with E-state index in [0.717, 1.165) is 59.6 Å². The van der Waals surface area contributed by atoms with E-state index >= 15 is 0 Å². The highest BCUT2D eigenvalue weighted by Gasteiger charge is 2.30. The Kier molecular flexibility index (Phi) is 6.79. The van der Waals surface area contributed by atoms with Crippen LogP contribution in [0.4, 0.5) is 5.69 Å². The molecule has 3 heterocycles. The molecule has 0 fully saturated rings. The van der Waals surface area contributed by atoms with Crippen molar-refractivity contribution in [1.29, 1.82) is 0 Å². The van der Waals surface area contributed by atoms with Crippen molar-refractivity contribution < 1.29 is 14.3 Å². The summed E-state index contributed by atoms with van der Waals surface area (Å²) in [6.07, 6.45) is 5.07. The van der Waals surface area contributed by atoms with E-state index in [9.17, 15) is 4.79 Å². The molecular formula is C32H30ClN3O3. The number of halogens is 1. The number of para-hydroxylation sites is 2. The number of hydrogen-bond donors (Lipinski definition) is 1. The van der Waals surface area contributed by atoms with E-state index in [4.69, 9.17) is 21.1 Å². The van der Waals surface area contributed by atoms with Gasteiger partial charge in [0.2, 0.25) is 0 Å². The maximum atomic E-state index is 14.2. The number of nitrogens with one attached hydrogen (secondary N) is 1. The van der Waals surface area contributed by atoms with E-state index in [-0.39, 0.29) is 5.91 Å². The molecule has 0 aliphatic carbocycles. The molecule has 0 bridgehead atoms. The van der Waals surface area contributed by atoms with Crippen LogP contribution in [0.25, 0.3) is 28.0 Å². The number of amides is 1. The molecule has 0 spiro atoms. The molecule has 3 aromatic carbocycles. The van der Waals surface area contributed by atoms with Crippen LogP contribution in [0.5, 0.6) is 11.5 Å². The Morgan fingerprint density at radius 2 is 1.72 bits per heavy atom. The Hall–Kier alpha value is -4.16. The van der Waals surface area contributed by atoms with Crippen LogP contribution in [-0.2, 0) is 13.0 Å². The minimum absolute atomic E-state index is 0.190. The number of aromatic nitrogens is 2. The van der Waals surface area contributed by atoms with Crippen LogP contribution in [0.1, 0.15) is 35.8 Å². The van der Waals surface area contributed by atoms with Crippen molar-refractivity contribution in [1.82, 2.24) is 8.97 Å². The number of aryl methyl sites for hydroxylation is 2. The van der Waals surface area contributed by atoms with Crippen LogP contribution in [0.3, 0.4) is 0 Å². The summed E-state index contributed by atoms with van der Waals surface area (Å²) in [5.41, 5.74) is 7.55. The topological polar surface area (TPSA) is 56.9 Å². The van der Waals surface area contributed by atoms with Crippen LogP contribution < -0.4 is 14.8 Å². The van der Waals surface area contributed by atoms with Gasteiger partial charge in [0.15, 0.2) is 0 Å². The summed E-state index contributed by atoms with van der Waals surface area (Å²) >= 11 is 6.20. The van der Waals surface area contributed by atoms with Gasteiger partial charge in [-0.1, -0.05) is 48.0 Å². The third-order valence-corrected chi connectivity index (χ3v) is 7.55. The maximum Gasteiger partial charge on any atom is 0.273 e. The van der Waals surface area contributed by atoms with E-state index in [1.54, 1.807) is 7.11 Å². The number of carbonyl (C=O) groups excluding carboxylic acids is 1. The molecule has 0 saturated carbocycles.